The number of amides is 1. The summed E-state index contributed by atoms with van der Waals surface area (Å²) in [6.45, 7) is 11.9. The second kappa shape index (κ2) is 10.0. The van der Waals surface area contributed by atoms with Gasteiger partial charge in [0, 0.05) is 31.4 Å². The van der Waals surface area contributed by atoms with Crippen molar-refractivity contribution < 1.29 is 24.2 Å². The molecule has 2 saturated heterocycles. The average Bonchev–Trinajstić information content (AvgIpc) is 2.56. The Morgan fingerprint density at radius 2 is 1.78 bits per heavy atom. The molecule has 1 N–H and O–H groups in total. The Morgan fingerprint density at radius 3 is 2.30 bits per heavy atom. The SMILES string of the molecule is C=CC(=O)N1CCOCC1C.CC(=CN1CCOCC1)C(=O)O. The summed E-state index contributed by atoms with van der Waals surface area (Å²) in [6.07, 6.45) is 3.02. The van der Waals surface area contributed by atoms with Crippen LogP contribution in [-0.4, -0.2) is 78.9 Å². The lowest BCUT2D eigenvalue weighted by molar-refractivity contribution is -0.134. The molecular formula is C16H26N2O5. The van der Waals surface area contributed by atoms with Crippen LogP contribution in [0.15, 0.2) is 24.4 Å². The van der Waals surface area contributed by atoms with Crippen LogP contribution in [0.25, 0.3) is 0 Å². The van der Waals surface area contributed by atoms with E-state index in [1.807, 2.05) is 11.8 Å². The molecule has 0 saturated carbocycles. The number of carbonyl (C=O) groups is 2. The molecule has 0 aromatic heterocycles. The smallest absolute Gasteiger partial charge is 0.332 e. The maximum Gasteiger partial charge on any atom is 0.332 e. The first-order valence-electron chi connectivity index (χ1n) is 7.70. The number of hydrogen-bond acceptors (Lipinski definition) is 5. The van der Waals surface area contributed by atoms with E-state index in [0.717, 1.165) is 13.1 Å². The van der Waals surface area contributed by atoms with Crippen LogP contribution in [0.4, 0.5) is 0 Å². The van der Waals surface area contributed by atoms with Crippen molar-refractivity contribution in [3.05, 3.63) is 24.4 Å². The summed E-state index contributed by atoms with van der Waals surface area (Å²) in [5, 5.41) is 8.59. The number of ether oxygens (including phenoxy) is 2. The van der Waals surface area contributed by atoms with E-state index in [0.29, 0.717) is 38.5 Å². The Bertz CT molecular complexity index is 444. The van der Waals surface area contributed by atoms with Gasteiger partial charge in [0.2, 0.25) is 5.91 Å². The minimum atomic E-state index is -0.860. The second-order valence-corrected chi connectivity index (χ2v) is 5.43. The molecule has 1 amide bonds. The summed E-state index contributed by atoms with van der Waals surface area (Å²) >= 11 is 0. The van der Waals surface area contributed by atoms with E-state index >= 15 is 0 Å². The van der Waals surface area contributed by atoms with Gasteiger partial charge in [0.1, 0.15) is 0 Å². The molecular weight excluding hydrogens is 300 g/mol. The maximum atomic E-state index is 11.1. The molecule has 7 nitrogen and oxygen atoms in total. The highest BCUT2D eigenvalue weighted by Crippen LogP contribution is 2.06. The number of hydrogen-bond donors (Lipinski definition) is 1. The van der Waals surface area contributed by atoms with Gasteiger partial charge in [0.15, 0.2) is 0 Å². The highest BCUT2D eigenvalue weighted by atomic mass is 16.5. The fraction of sp³-hybridized carbons (Fsp3) is 0.625. The van der Waals surface area contributed by atoms with Gasteiger partial charge in [-0.3, -0.25) is 4.79 Å². The number of aliphatic carboxylic acids is 1. The summed E-state index contributed by atoms with van der Waals surface area (Å²) in [4.78, 5) is 25.3. The molecule has 23 heavy (non-hydrogen) atoms. The zero-order valence-electron chi connectivity index (χ0n) is 13.9. The molecule has 0 radical (unpaired) electrons. The van der Waals surface area contributed by atoms with Crippen LogP contribution in [0.3, 0.4) is 0 Å². The lowest BCUT2D eigenvalue weighted by atomic mass is 10.2. The van der Waals surface area contributed by atoms with Gasteiger partial charge >= 0.3 is 5.97 Å². The third-order valence-corrected chi connectivity index (χ3v) is 3.58. The number of carboxylic acids is 1. The van der Waals surface area contributed by atoms with Crippen LogP contribution in [0, 0.1) is 0 Å². The maximum absolute atomic E-state index is 11.1. The van der Waals surface area contributed by atoms with Crippen LogP contribution < -0.4 is 0 Å². The summed E-state index contributed by atoms with van der Waals surface area (Å²) in [7, 11) is 0. The van der Waals surface area contributed by atoms with Crippen molar-refractivity contribution in [1.29, 1.82) is 0 Å². The average molecular weight is 326 g/mol. The van der Waals surface area contributed by atoms with Gasteiger partial charge in [-0.25, -0.2) is 4.79 Å². The largest absolute Gasteiger partial charge is 0.478 e. The summed E-state index contributed by atoms with van der Waals surface area (Å²) in [5.41, 5.74) is 0.372. The van der Waals surface area contributed by atoms with E-state index in [9.17, 15) is 9.59 Å². The molecule has 0 aromatic carbocycles. The first-order chi connectivity index (χ1) is 11.0. The molecule has 0 bridgehead atoms. The van der Waals surface area contributed by atoms with Crippen molar-refractivity contribution in [2.75, 3.05) is 46.1 Å². The van der Waals surface area contributed by atoms with Crippen molar-refractivity contribution in [2.24, 2.45) is 0 Å². The summed E-state index contributed by atoms with van der Waals surface area (Å²) in [6, 6.07) is 0.189. The Balaban J connectivity index is 0.000000231. The van der Waals surface area contributed by atoms with Gasteiger partial charge in [-0.05, 0) is 19.9 Å². The van der Waals surface area contributed by atoms with Crippen molar-refractivity contribution >= 4 is 11.9 Å². The Labute approximate surface area is 137 Å². The first kappa shape index (κ1) is 19.2. The predicted molar refractivity (Wildman–Crippen MR) is 86.0 cm³/mol. The van der Waals surface area contributed by atoms with Crippen LogP contribution in [-0.2, 0) is 19.1 Å². The number of nitrogens with zero attached hydrogens (tertiary/aromatic N) is 2. The zero-order valence-corrected chi connectivity index (χ0v) is 13.9. The Kier molecular flexibility index (Phi) is 8.36. The number of rotatable bonds is 3. The van der Waals surface area contributed by atoms with Crippen LogP contribution in [0.5, 0.6) is 0 Å². The standard InChI is InChI=1S/C8H13NO3.C8H13NO2/c1-7(8(10)11)6-9-2-4-12-5-3-9;1-3-8(10)9-4-5-11-6-7(9)2/h6H,2-5H2,1H3,(H,10,11);3,7H,1,4-6H2,2H3. The van der Waals surface area contributed by atoms with Crippen molar-refractivity contribution in [3.63, 3.8) is 0 Å². The molecule has 2 aliphatic heterocycles. The van der Waals surface area contributed by atoms with Crippen molar-refractivity contribution in [3.8, 4) is 0 Å². The molecule has 1 atom stereocenters. The quantitative estimate of drug-likeness (QED) is 0.770. The normalized spacial score (nSPS) is 22.0. The number of carbonyl (C=O) groups excluding carboxylic acids is 1. The fourth-order valence-electron chi connectivity index (χ4n) is 2.21. The third kappa shape index (κ3) is 6.83. The summed E-state index contributed by atoms with van der Waals surface area (Å²) < 4.78 is 10.3. The Hall–Kier alpha value is -1.86. The van der Waals surface area contributed by atoms with Crippen molar-refractivity contribution in [1.82, 2.24) is 9.80 Å². The highest BCUT2D eigenvalue weighted by Gasteiger charge is 2.21. The molecule has 0 aliphatic carbocycles. The van der Waals surface area contributed by atoms with Crippen LogP contribution in [0.2, 0.25) is 0 Å². The lowest BCUT2D eigenvalue weighted by Gasteiger charge is -2.32. The van der Waals surface area contributed by atoms with Gasteiger partial charge in [0.25, 0.3) is 0 Å². The van der Waals surface area contributed by atoms with Crippen molar-refractivity contribution in [2.45, 2.75) is 19.9 Å². The predicted octanol–water partition coefficient (Wildman–Crippen LogP) is 0.727. The van der Waals surface area contributed by atoms with Crippen LogP contribution in [0.1, 0.15) is 13.8 Å². The number of morpholine rings is 2. The molecule has 0 spiro atoms. The molecule has 1 unspecified atom stereocenters. The lowest BCUT2D eigenvalue weighted by Crippen LogP contribution is -2.46. The van der Waals surface area contributed by atoms with E-state index in [1.54, 1.807) is 18.0 Å². The van der Waals surface area contributed by atoms with E-state index in [4.69, 9.17) is 14.6 Å². The van der Waals surface area contributed by atoms with Crippen LogP contribution >= 0.6 is 0 Å². The topological polar surface area (TPSA) is 79.3 Å². The first-order valence-corrected chi connectivity index (χ1v) is 7.70. The molecule has 2 heterocycles. The Morgan fingerprint density at radius 1 is 1.17 bits per heavy atom. The molecule has 2 aliphatic rings. The van der Waals surface area contributed by atoms with Gasteiger partial charge in [-0.1, -0.05) is 6.58 Å². The second-order valence-electron chi connectivity index (χ2n) is 5.43. The van der Waals surface area contributed by atoms with Gasteiger partial charge in [-0.2, -0.15) is 0 Å². The number of carboxylic acid groups (broad SMARTS) is 1. The third-order valence-electron chi connectivity index (χ3n) is 3.58. The van der Waals surface area contributed by atoms with Gasteiger partial charge in [-0.15, -0.1) is 0 Å². The van der Waals surface area contributed by atoms with E-state index < -0.39 is 5.97 Å². The fourth-order valence-corrected chi connectivity index (χ4v) is 2.21. The van der Waals surface area contributed by atoms with E-state index in [2.05, 4.69) is 6.58 Å². The minimum absolute atomic E-state index is 0.000741. The molecule has 2 rings (SSSR count). The monoisotopic (exact) mass is 326 g/mol. The van der Waals surface area contributed by atoms with Gasteiger partial charge < -0.3 is 24.4 Å². The highest BCUT2D eigenvalue weighted by molar-refractivity contribution is 5.87. The summed E-state index contributed by atoms with van der Waals surface area (Å²) in [5.74, 6) is -0.859. The van der Waals surface area contributed by atoms with E-state index in [-0.39, 0.29) is 11.9 Å². The molecule has 7 heteroatoms. The van der Waals surface area contributed by atoms with E-state index in [1.165, 1.54) is 6.08 Å². The molecule has 2 fully saturated rings. The molecule has 130 valence electrons. The zero-order chi connectivity index (χ0) is 17.2. The van der Waals surface area contributed by atoms with Gasteiger partial charge in [0.05, 0.1) is 32.5 Å². The minimum Gasteiger partial charge on any atom is -0.478 e. The molecule has 0 aromatic rings.